The Hall–Kier alpha value is -1.82. The van der Waals surface area contributed by atoms with Gasteiger partial charge in [-0.25, -0.2) is 0 Å². The summed E-state index contributed by atoms with van der Waals surface area (Å²) in [5, 5.41) is 0.889. The summed E-state index contributed by atoms with van der Waals surface area (Å²) in [5.41, 5.74) is 1.01. The SMILES string of the molecule is O=c1cc(-c2ccc(Br)cc2OCCN2CCCC2)oc2c(Cl)cccc12. The van der Waals surface area contributed by atoms with Crippen LogP contribution in [-0.2, 0) is 0 Å². The highest BCUT2D eigenvalue weighted by Gasteiger charge is 2.15. The van der Waals surface area contributed by atoms with Gasteiger partial charge in [-0.3, -0.25) is 9.69 Å². The molecule has 0 radical (unpaired) electrons. The van der Waals surface area contributed by atoms with Crippen molar-refractivity contribution in [2.24, 2.45) is 0 Å². The molecule has 1 aliphatic rings. The van der Waals surface area contributed by atoms with Crippen molar-refractivity contribution in [2.45, 2.75) is 12.8 Å². The molecule has 0 spiro atoms. The predicted octanol–water partition coefficient (Wildman–Crippen LogP) is 5.35. The van der Waals surface area contributed by atoms with Gasteiger partial charge in [-0.1, -0.05) is 33.6 Å². The first-order valence-electron chi connectivity index (χ1n) is 8.99. The molecule has 0 unspecified atom stereocenters. The van der Waals surface area contributed by atoms with E-state index in [0.717, 1.165) is 29.7 Å². The molecule has 27 heavy (non-hydrogen) atoms. The smallest absolute Gasteiger partial charge is 0.193 e. The Balaban J connectivity index is 1.67. The molecular weight excluding hydrogens is 430 g/mol. The third-order valence-corrected chi connectivity index (χ3v) is 5.57. The van der Waals surface area contributed by atoms with Crippen LogP contribution in [0.15, 0.2) is 56.1 Å². The summed E-state index contributed by atoms with van der Waals surface area (Å²) >= 11 is 9.72. The highest BCUT2D eigenvalue weighted by molar-refractivity contribution is 9.10. The van der Waals surface area contributed by atoms with Crippen LogP contribution in [0.25, 0.3) is 22.3 Å². The van der Waals surface area contributed by atoms with Crippen molar-refractivity contribution in [2.75, 3.05) is 26.2 Å². The Morgan fingerprint density at radius 2 is 1.96 bits per heavy atom. The molecular formula is C21H19BrClNO3. The summed E-state index contributed by atoms with van der Waals surface area (Å²) in [6.45, 7) is 3.74. The van der Waals surface area contributed by atoms with E-state index in [4.69, 9.17) is 20.8 Å². The summed E-state index contributed by atoms with van der Waals surface area (Å²) in [5.74, 6) is 1.13. The summed E-state index contributed by atoms with van der Waals surface area (Å²) in [7, 11) is 0. The predicted molar refractivity (Wildman–Crippen MR) is 112 cm³/mol. The standard InChI is InChI=1S/C21H19BrClNO3/c22-14-6-7-16(19(12-14)26-11-10-24-8-1-2-9-24)20-13-18(25)15-4-3-5-17(23)21(15)27-20/h3-7,12-13H,1-2,8-11H2. The fourth-order valence-corrected chi connectivity index (χ4v) is 3.94. The van der Waals surface area contributed by atoms with Crippen LogP contribution in [0.2, 0.25) is 5.02 Å². The number of nitrogens with zero attached hydrogens (tertiary/aromatic N) is 1. The van der Waals surface area contributed by atoms with E-state index in [1.807, 2.05) is 18.2 Å². The van der Waals surface area contributed by atoms with Crippen LogP contribution in [0, 0.1) is 0 Å². The molecule has 140 valence electrons. The average Bonchev–Trinajstić information content (AvgIpc) is 3.16. The molecule has 4 nitrogen and oxygen atoms in total. The number of benzene rings is 2. The first-order valence-corrected chi connectivity index (χ1v) is 10.2. The van der Waals surface area contributed by atoms with E-state index >= 15 is 0 Å². The topological polar surface area (TPSA) is 42.7 Å². The fourth-order valence-electron chi connectivity index (χ4n) is 3.39. The molecule has 2 aromatic carbocycles. The molecule has 1 aliphatic heterocycles. The molecule has 0 atom stereocenters. The molecule has 1 fully saturated rings. The van der Waals surface area contributed by atoms with Crippen LogP contribution in [0.1, 0.15) is 12.8 Å². The quantitative estimate of drug-likeness (QED) is 0.528. The second kappa shape index (κ2) is 8.05. The third-order valence-electron chi connectivity index (χ3n) is 4.78. The van der Waals surface area contributed by atoms with Crippen molar-refractivity contribution in [3.05, 3.63) is 62.2 Å². The number of rotatable bonds is 5. The van der Waals surface area contributed by atoms with E-state index in [1.54, 1.807) is 18.2 Å². The molecule has 0 N–H and O–H groups in total. The maximum atomic E-state index is 12.5. The molecule has 4 rings (SSSR count). The average molecular weight is 449 g/mol. The van der Waals surface area contributed by atoms with Gasteiger partial charge in [0.1, 0.15) is 18.1 Å². The summed E-state index contributed by atoms with van der Waals surface area (Å²) < 4.78 is 12.9. The first-order chi connectivity index (χ1) is 13.1. The Morgan fingerprint density at radius 3 is 2.78 bits per heavy atom. The van der Waals surface area contributed by atoms with Crippen LogP contribution in [0.3, 0.4) is 0 Å². The van der Waals surface area contributed by atoms with Crippen LogP contribution in [0.5, 0.6) is 5.75 Å². The highest BCUT2D eigenvalue weighted by atomic mass is 79.9. The summed E-state index contributed by atoms with van der Waals surface area (Å²) in [4.78, 5) is 14.9. The lowest BCUT2D eigenvalue weighted by molar-refractivity contribution is 0.238. The van der Waals surface area contributed by atoms with Crippen molar-refractivity contribution in [1.82, 2.24) is 4.90 Å². The zero-order chi connectivity index (χ0) is 18.8. The Bertz CT molecular complexity index is 1030. The first kappa shape index (κ1) is 18.5. The number of halogens is 2. The van der Waals surface area contributed by atoms with Gasteiger partial charge in [0.25, 0.3) is 0 Å². The normalized spacial score (nSPS) is 14.7. The van der Waals surface area contributed by atoms with E-state index < -0.39 is 0 Å². The number of ether oxygens (including phenoxy) is 1. The molecule has 6 heteroatoms. The van der Waals surface area contributed by atoms with Gasteiger partial charge >= 0.3 is 0 Å². The van der Waals surface area contributed by atoms with Crippen molar-refractivity contribution >= 4 is 38.5 Å². The molecule has 2 heterocycles. The van der Waals surface area contributed by atoms with E-state index in [0.29, 0.717) is 34.1 Å². The second-order valence-electron chi connectivity index (χ2n) is 6.63. The number of fused-ring (bicyclic) bond motifs is 1. The van der Waals surface area contributed by atoms with Crippen molar-refractivity contribution in [3.63, 3.8) is 0 Å². The van der Waals surface area contributed by atoms with Gasteiger partial charge in [-0.05, 0) is 56.3 Å². The van der Waals surface area contributed by atoms with Gasteiger partial charge in [-0.15, -0.1) is 0 Å². The molecule has 0 aliphatic carbocycles. The lowest BCUT2D eigenvalue weighted by Crippen LogP contribution is -2.25. The minimum atomic E-state index is -0.125. The van der Waals surface area contributed by atoms with Gasteiger partial charge in [-0.2, -0.15) is 0 Å². The van der Waals surface area contributed by atoms with Gasteiger partial charge in [0.2, 0.25) is 0 Å². The maximum absolute atomic E-state index is 12.5. The molecule has 3 aromatic rings. The van der Waals surface area contributed by atoms with Gasteiger partial charge in [0, 0.05) is 17.1 Å². The van der Waals surface area contributed by atoms with Gasteiger partial charge in [0.15, 0.2) is 11.0 Å². The Labute approximate surface area is 170 Å². The molecule has 0 amide bonds. The highest BCUT2D eigenvalue weighted by Crippen LogP contribution is 2.34. The fraction of sp³-hybridized carbons (Fsp3) is 0.286. The molecule has 0 saturated carbocycles. The number of likely N-dealkylation sites (tertiary alicyclic amines) is 1. The zero-order valence-corrected chi connectivity index (χ0v) is 17.1. The van der Waals surface area contributed by atoms with Crippen LogP contribution >= 0.6 is 27.5 Å². The summed E-state index contributed by atoms with van der Waals surface area (Å²) in [6, 6.07) is 12.4. The minimum Gasteiger partial charge on any atom is -0.491 e. The third kappa shape index (κ3) is 4.05. The van der Waals surface area contributed by atoms with Crippen LogP contribution in [-0.4, -0.2) is 31.1 Å². The molecule has 1 aromatic heterocycles. The van der Waals surface area contributed by atoms with Crippen LogP contribution in [0.4, 0.5) is 0 Å². The molecule has 1 saturated heterocycles. The Kier molecular flexibility index (Phi) is 5.53. The largest absolute Gasteiger partial charge is 0.491 e. The maximum Gasteiger partial charge on any atom is 0.193 e. The Morgan fingerprint density at radius 1 is 1.15 bits per heavy atom. The zero-order valence-electron chi connectivity index (χ0n) is 14.7. The van der Waals surface area contributed by atoms with Crippen molar-refractivity contribution in [3.8, 4) is 17.1 Å². The van der Waals surface area contributed by atoms with E-state index in [2.05, 4.69) is 20.8 Å². The lowest BCUT2D eigenvalue weighted by Gasteiger charge is -2.16. The van der Waals surface area contributed by atoms with Crippen molar-refractivity contribution < 1.29 is 9.15 Å². The number of hydrogen-bond donors (Lipinski definition) is 0. The van der Waals surface area contributed by atoms with E-state index in [1.165, 1.54) is 18.9 Å². The van der Waals surface area contributed by atoms with E-state index in [9.17, 15) is 4.79 Å². The van der Waals surface area contributed by atoms with Gasteiger partial charge in [0.05, 0.1) is 16.0 Å². The monoisotopic (exact) mass is 447 g/mol. The summed E-state index contributed by atoms with van der Waals surface area (Å²) in [6.07, 6.45) is 2.51. The van der Waals surface area contributed by atoms with Gasteiger partial charge < -0.3 is 9.15 Å². The molecule has 0 bridgehead atoms. The minimum absolute atomic E-state index is 0.125. The van der Waals surface area contributed by atoms with E-state index in [-0.39, 0.29) is 5.43 Å². The second-order valence-corrected chi connectivity index (χ2v) is 7.95. The lowest BCUT2D eigenvalue weighted by atomic mass is 10.1. The number of para-hydroxylation sites is 1. The van der Waals surface area contributed by atoms with Crippen LogP contribution < -0.4 is 10.2 Å². The number of hydrogen-bond acceptors (Lipinski definition) is 4. The van der Waals surface area contributed by atoms with Crippen molar-refractivity contribution in [1.29, 1.82) is 0 Å².